The van der Waals surface area contributed by atoms with Crippen molar-refractivity contribution >= 4 is 23.4 Å². The van der Waals surface area contributed by atoms with E-state index >= 15 is 0 Å². The van der Waals surface area contributed by atoms with Gasteiger partial charge in [0.1, 0.15) is 11.6 Å². The number of unbranched alkanes of at least 4 members (excludes halogenated alkanes) is 3. The van der Waals surface area contributed by atoms with Crippen molar-refractivity contribution in [2.24, 2.45) is 0 Å². The summed E-state index contributed by atoms with van der Waals surface area (Å²) in [5.74, 6) is -2.08. The van der Waals surface area contributed by atoms with E-state index in [1.807, 2.05) is 13.8 Å². The Bertz CT molecular complexity index is 1050. The molecule has 1 aromatic heterocycles. The Balaban J connectivity index is 2.29. The van der Waals surface area contributed by atoms with E-state index in [2.05, 4.69) is 4.98 Å². The van der Waals surface area contributed by atoms with Gasteiger partial charge in [0.25, 0.3) is 11.5 Å². The molecule has 0 spiro atoms. The van der Waals surface area contributed by atoms with Gasteiger partial charge in [0, 0.05) is 13.1 Å². The molecule has 9 nitrogen and oxygen atoms in total. The van der Waals surface area contributed by atoms with E-state index in [0.717, 1.165) is 36.3 Å². The summed E-state index contributed by atoms with van der Waals surface area (Å²) in [4.78, 5) is 53.2. The smallest absolute Gasteiger partial charge is 0.338 e. The lowest BCUT2D eigenvalue weighted by Gasteiger charge is -2.24. The van der Waals surface area contributed by atoms with Crippen LogP contribution >= 0.6 is 0 Å². The van der Waals surface area contributed by atoms with Crippen LogP contribution < -0.4 is 21.9 Å². The standard InChI is InChI=1S/C22H29FN4O5/c1-3-5-7-13-26(17(28)14-32-21(30)15-8-10-16(23)11-9-15)18-19(24)27(12-6-4-2)22(31)25-20(18)29/h8-11H,3-7,12-14,24H2,1-2H3,(H,25,29,31). The minimum atomic E-state index is -0.804. The van der Waals surface area contributed by atoms with E-state index in [0.29, 0.717) is 19.4 Å². The number of rotatable bonds is 11. The second kappa shape index (κ2) is 11.8. The lowest BCUT2D eigenvalue weighted by molar-refractivity contribution is -0.121. The van der Waals surface area contributed by atoms with Crippen LogP contribution in [0.15, 0.2) is 33.9 Å². The Morgan fingerprint density at radius 1 is 1.09 bits per heavy atom. The zero-order valence-electron chi connectivity index (χ0n) is 18.4. The lowest BCUT2D eigenvalue weighted by Crippen LogP contribution is -2.43. The molecule has 1 aromatic carbocycles. The maximum Gasteiger partial charge on any atom is 0.338 e. The number of carbonyl (C=O) groups is 2. The molecule has 1 heterocycles. The Morgan fingerprint density at radius 3 is 2.38 bits per heavy atom. The molecule has 0 atom stereocenters. The van der Waals surface area contributed by atoms with Crippen molar-refractivity contribution in [2.45, 2.75) is 52.5 Å². The summed E-state index contributed by atoms with van der Waals surface area (Å²) in [5.41, 5.74) is 4.65. The predicted octanol–water partition coefficient (Wildman–Crippen LogP) is 2.44. The van der Waals surface area contributed by atoms with Gasteiger partial charge in [0.2, 0.25) is 0 Å². The zero-order chi connectivity index (χ0) is 23.7. The molecule has 32 heavy (non-hydrogen) atoms. The van der Waals surface area contributed by atoms with Crippen LogP contribution in [-0.2, 0) is 16.1 Å². The van der Waals surface area contributed by atoms with E-state index in [1.54, 1.807) is 0 Å². The second-order valence-corrected chi connectivity index (χ2v) is 7.33. The van der Waals surface area contributed by atoms with E-state index in [9.17, 15) is 23.6 Å². The van der Waals surface area contributed by atoms with E-state index in [-0.39, 0.29) is 23.6 Å². The van der Waals surface area contributed by atoms with Gasteiger partial charge >= 0.3 is 11.7 Å². The average molecular weight is 448 g/mol. The molecule has 174 valence electrons. The monoisotopic (exact) mass is 448 g/mol. The van der Waals surface area contributed by atoms with Crippen molar-refractivity contribution in [1.29, 1.82) is 0 Å². The van der Waals surface area contributed by atoms with Crippen molar-refractivity contribution in [3.05, 3.63) is 56.5 Å². The van der Waals surface area contributed by atoms with Crippen LogP contribution in [-0.4, -0.2) is 34.6 Å². The largest absolute Gasteiger partial charge is 0.452 e. The number of nitrogens with two attached hydrogens (primary N) is 1. The topological polar surface area (TPSA) is 127 Å². The van der Waals surface area contributed by atoms with Gasteiger partial charge in [-0.1, -0.05) is 33.1 Å². The number of hydrogen-bond acceptors (Lipinski definition) is 6. The SMILES string of the molecule is CCCCCN(C(=O)COC(=O)c1ccc(F)cc1)c1c(N)n(CCCC)c(=O)[nH]c1=O. The molecule has 10 heteroatoms. The number of benzene rings is 1. The Morgan fingerprint density at radius 2 is 1.75 bits per heavy atom. The highest BCUT2D eigenvalue weighted by molar-refractivity contribution is 5.98. The molecular formula is C22H29FN4O5. The fourth-order valence-electron chi connectivity index (χ4n) is 3.13. The van der Waals surface area contributed by atoms with Gasteiger partial charge in [0.05, 0.1) is 5.56 Å². The van der Waals surface area contributed by atoms with Crippen molar-refractivity contribution in [2.75, 3.05) is 23.8 Å². The first-order valence-corrected chi connectivity index (χ1v) is 10.7. The van der Waals surface area contributed by atoms with E-state index in [1.165, 1.54) is 16.7 Å². The highest BCUT2D eigenvalue weighted by Gasteiger charge is 2.25. The maximum absolute atomic E-state index is 13.0. The van der Waals surface area contributed by atoms with Crippen LogP contribution in [0.1, 0.15) is 56.3 Å². The van der Waals surface area contributed by atoms with Crippen molar-refractivity contribution in [1.82, 2.24) is 9.55 Å². The first-order valence-electron chi connectivity index (χ1n) is 10.7. The average Bonchev–Trinajstić information content (AvgIpc) is 2.76. The predicted molar refractivity (Wildman–Crippen MR) is 119 cm³/mol. The third kappa shape index (κ3) is 6.29. The number of nitrogens with one attached hydrogen (secondary N) is 1. The minimum absolute atomic E-state index is 0.0854. The molecule has 0 radical (unpaired) electrons. The molecule has 2 aromatic rings. The summed E-state index contributed by atoms with van der Waals surface area (Å²) < 4.78 is 19.3. The van der Waals surface area contributed by atoms with Crippen LogP contribution in [0.3, 0.4) is 0 Å². The quantitative estimate of drug-likeness (QED) is 0.401. The van der Waals surface area contributed by atoms with Gasteiger partial charge < -0.3 is 15.4 Å². The van der Waals surface area contributed by atoms with Crippen molar-refractivity contribution in [3.63, 3.8) is 0 Å². The van der Waals surface area contributed by atoms with Gasteiger partial charge in [-0.05, 0) is 37.1 Å². The molecule has 0 fully saturated rings. The summed E-state index contributed by atoms with van der Waals surface area (Å²) in [6.45, 7) is 3.75. The summed E-state index contributed by atoms with van der Waals surface area (Å²) in [7, 11) is 0. The molecule has 2 rings (SSSR count). The molecule has 0 saturated carbocycles. The number of anilines is 2. The molecule has 0 aliphatic rings. The minimum Gasteiger partial charge on any atom is -0.452 e. The van der Waals surface area contributed by atoms with Gasteiger partial charge in [-0.15, -0.1) is 0 Å². The highest BCUT2D eigenvalue weighted by atomic mass is 19.1. The summed E-state index contributed by atoms with van der Waals surface area (Å²) in [6, 6.07) is 4.70. The fraction of sp³-hybridized carbons (Fsp3) is 0.455. The van der Waals surface area contributed by atoms with Crippen molar-refractivity contribution in [3.8, 4) is 0 Å². The van der Waals surface area contributed by atoms with E-state index < -0.39 is 35.5 Å². The molecule has 0 unspecified atom stereocenters. The molecule has 0 aliphatic heterocycles. The summed E-state index contributed by atoms with van der Waals surface area (Å²) >= 11 is 0. The first kappa shape index (κ1) is 24.8. The molecule has 0 saturated heterocycles. The Hall–Kier alpha value is -3.43. The van der Waals surface area contributed by atoms with Crippen LogP contribution in [0.25, 0.3) is 0 Å². The van der Waals surface area contributed by atoms with Crippen LogP contribution in [0, 0.1) is 5.82 Å². The Kier molecular flexibility index (Phi) is 9.18. The summed E-state index contributed by atoms with van der Waals surface area (Å²) in [6.07, 6.45) is 3.73. The highest BCUT2D eigenvalue weighted by Crippen LogP contribution is 2.19. The number of hydrogen-bond donors (Lipinski definition) is 2. The summed E-state index contributed by atoms with van der Waals surface area (Å²) in [5, 5.41) is 0. The van der Waals surface area contributed by atoms with Crippen molar-refractivity contribution < 1.29 is 18.7 Å². The molecular weight excluding hydrogens is 419 g/mol. The Labute approximate surface area is 185 Å². The van der Waals surface area contributed by atoms with Gasteiger partial charge in [-0.3, -0.25) is 19.1 Å². The van der Waals surface area contributed by atoms with Crippen LogP contribution in [0.5, 0.6) is 0 Å². The normalized spacial score (nSPS) is 10.7. The number of nitrogen functional groups attached to an aromatic ring is 1. The number of aromatic amines is 1. The van der Waals surface area contributed by atoms with Crippen LogP contribution in [0.4, 0.5) is 15.9 Å². The third-order valence-corrected chi connectivity index (χ3v) is 4.91. The number of nitrogens with zero attached hydrogens (tertiary/aromatic N) is 2. The lowest BCUT2D eigenvalue weighted by atomic mass is 10.2. The molecule has 0 aliphatic carbocycles. The molecule has 0 bridgehead atoms. The number of ether oxygens (including phenoxy) is 1. The first-order chi connectivity index (χ1) is 15.3. The maximum atomic E-state index is 13.0. The van der Waals surface area contributed by atoms with E-state index in [4.69, 9.17) is 10.5 Å². The van der Waals surface area contributed by atoms with Gasteiger partial charge in [-0.25, -0.2) is 14.0 Å². The number of halogens is 1. The number of H-pyrrole nitrogens is 1. The fourth-order valence-corrected chi connectivity index (χ4v) is 3.13. The zero-order valence-corrected chi connectivity index (χ0v) is 18.4. The number of amides is 1. The van der Waals surface area contributed by atoms with Gasteiger partial charge in [-0.2, -0.15) is 0 Å². The second-order valence-electron chi connectivity index (χ2n) is 7.33. The number of esters is 1. The van der Waals surface area contributed by atoms with Gasteiger partial charge in [0.15, 0.2) is 12.3 Å². The molecule has 1 amide bonds. The number of aromatic nitrogens is 2. The third-order valence-electron chi connectivity index (χ3n) is 4.91. The van der Waals surface area contributed by atoms with Crippen LogP contribution in [0.2, 0.25) is 0 Å². The number of carbonyl (C=O) groups excluding carboxylic acids is 2. The molecule has 3 N–H and O–H groups in total.